The van der Waals surface area contributed by atoms with Gasteiger partial charge in [-0.3, -0.25) is 0 Å². The van der Waals surface area contributed by atoms with Gasteiger partial charge in [0, 0.05) is 18.6 Å². The summed E-state index contributed by atoms with van der Waals surface area (Å²) in [5.74, 6) is -1.15. The van der Waals surface area contributed by atoms with Crippen molar-refractivity contribution < 1.29 is 29.0 Å². The molecule has 0 aliphatic heterocycles. The molecule has 266 valence electrons. The summed E-state index contributed by atoms with van der Waals surface area (Å²) in [5, 5.41) is 18.4. The number of hydrogen-bond donors (Lipinski definition) is 4. The van der Waals surface area contributed by atoms with Crippen LogP contribution in [-0.4, -0.2) is 53.5 Å². The van der Waals surface area contributed by atoms with Crippen molar-refractivity contribution in [2.45, 2.75) is 147 Å². The van der Waals surface area contributed by atoms with E-state index in [1.807, 2.05) is 54.6 Å². The van der Waals surface area contributed by atoms with E-state index in [1.165, 1.54) is 64.2 Å². The van der Waals surface area contributed by atoms with Crippen molar-refractivity contribution in [3.63, 3.8) is 0 Å². The Morgan fingerprint density at radius 3 is 1.79 bits per heavy atom. The fraction of sp³-hybridized carbons (Fsp3) is 0.615. The second-order valence-corrected chi connectivity index (χ2v) is 14.6. The van der Waals surface area contributed by atoms with Gasteiger partial charge in [0.05, 0.1) is 0 Å². The number of aliphatic carboxylic acids is 1. The Labute approximate surface area is 287 Å². The lowest BCUT2D eigenvalue weighted by atomic mass is 9.91. The second-order valence-electron chi connectivity index (χ2n) is 14.6. The van der Waals surface area contributed by atoms with Gasteiger partial charge < -0.3 is 30.5 Å². The third-order valence-corrected chi connectivity index (χ3v) is 8.89. The number of nitrogens with one attached hydrogen (secondary N) is 3. The van der Waals surface area contributed by atoms with E-state index in [4.69, 9.17) is 9.47 Å². The van der Waals surface area contributed by atoms with Gasteiger partial charge in [-0.25, -0.2) is 14.4 Å². The van der Waals surface area contributed by atoms with Crippen LogP contribution in [0.4, 0.5) is 9.59 Å². The molecule has 9 nitrogen and oxygen atoms in total. The summed E-state index contributed by atoms with van der Waals surface area (Å²) < 4.78 is 10.7. The van der Waals surface area contributed by atoms with Crippen molar-refractivity contribution in [2.24, 2.45) is 0 Å². The van der Waals surface area contributed by atoms with Gasteiger partial charge in [-0.15, -0.1) is 0 Å². The quantitative estimate of drug-likeness (QED) is 0.167. The van der Waals surface area contributed by atoms with Crippen LogP contribution in [-0.2, 0) is 19.9 Å². The molecule has 2 aromatic carbocycles. The number of amides is 2. The zero-order chi connectivity index (χ0) is 35.0. The topological polar surface area (TPSA) is 126 Å². The first-order chi connectivity index (χ1) is 22.8. The van der Waals surface area contributed by atoms with Crippen molar-refractivity contribution in [1.82, 2.24) is 16.0 Å². The zero-order valence-corrected chi connectivity index (χ0v) is 29.8. The molecule has 0 bridgehead atoms. The molecule has 2 fully saturated rings. The fourth-order valence-electron chi connectivity index (χ4n) is 6.26. The van der Waals surface area contributed by atoms with Gasteiger partial charge in [-0.1, -0.05) is 93.1 Å². The fourth-order valence-corrected chi connectivity index (χ4v) is 6.26. The van der Waals surface area contributed by atoms with E-state index in [0.717, 1.165) is 28.8 Å². The monoisotopic (exact) mass is 665 g/mol. The molecule has 0 aromatic heterocycles. The number of benzene rings is 2. The highest BCUT2D eigenvalue weighted by atomic mass is 16.6. The Balaban J connectivity index is 0.000000396. The van der Waals surface area contributed by atoms with Crippen molar-refractivity contribution in [2.75, 3.05) is 6.54 Å². The SMILES string of the molecule is C1CCC(NC2CCCCC2)CC1.CC(C)(C)OC(=O)NCCCC[C@H](NC(=O)OC(C)(C)c1ccc(-c2ccccc2)cc1)C(=O)O. The first-order valence-corrected chi connectivity index (χ1v) is 17.9. The largest absolute Gasteiger partial charge is 0.480 e. The van der Waals surface area contributed by atoms with Crippen molar-refractivity contribution in [3.8, 4) is 11.1 Å². The van der Waals surface area contributed by atoms with E-state index < -0.39 is 35.4 Å². The molecule has 2 saturated carbocycles. The Kier molecular flexibility index (Phi) is 15.7. The van der Waals surface area contributed by atoms with Crippen molar-refractivity contribution >= 4 is 18.2 Å². The first-order valence-electron chi connectivity index (χ1n) is 17.9. The maximum Gasteiger partial charge on any atom is 0.408 e. The van der Waals surface area contributed by atoms with Crippen LogP contribution in [0.15, 0.2) is 54.6 Å². The lowest BCUT2D eigenvalue weighted by Crippen LogP contribution is -2.43. The van der Waals surface area contributed by atoms with Crippen LogP contribution in [0.5, 0.6) is 0 Å². The zero-order valence-electron chi connectivity index (χ0n) is 29.8. The molecule has 4 rings (SSSR count). The number of carboxylic acid groups (broad SMARTS) is 1. The molecule has 9 heteroatoms. The van der Waals surface area contributed by atoms with Crippen LogP contribution >= 0.6 is 0 Å². The third kappa shape index (κ3) is 14.7. The molecule has 1 atom stereocenters. The normalized spacial score (nSPS) is 16.5. The Bertz CT molecular complexity index is 1230. The van der Waals surface area contributed by atoms with E-state index in [0.29, 0.717) is 19.4 Å². The van der Waals surface area contributed by atoms with Gasteiger partial charge >= 0.3 is 18.2 Å². The summed E-state index contributed by atoms with van der Waals surface area (Å²) in [7, 11) is 0. The van der Waals surface area contributed by atoms with Gasteiger partial charge in [0.2, 0.25) is 0 Å². The number of unbranched alkanes of at least 4 members (excludes halogenated alkanes) is 1. The number of carboxylic acids is 1. The minimum Gasteiger partial charge on any atom is -0.480 e. The van der Waals surface area contributed by atoms with E-state index in [-0.39, 0.29) is 6.42 Å². The number of ether oxygens (including phenoxy) is 2. The Hall–Kier alpha value is -3.59. The van der Waals surface area contributed by atoms with E-state index in [2.05, 4.69) is 16.0 Å². The number of rotatable bonds is 12. The molecule has 2 aliphatic carbocycles. The molecule has 0 radical (unpaired) electrons. The molecule has 2 aliphatic rings. The van der Waals surface area contributed by atoms with E-state index >= 15 is 0 Å². The molecule has 0 heterocycles. The number of alkyl carbamates (subject to hydrolysis) is 2. The predicted octanol–water partition coefficient (Wildman–Crippen LogP) is 8.70. The predicted molar refractivity (Wildman–Crippen MR) is 191 cm³/mol. The first kappa shape index (κ1) is 38.9. The smallest absolute Gasteiger partial charge is 0.408 e. The van der Waals surface area contributed by atoms with Crippen LogP contribution in [0.2, 0.25) is 0 Å². The molecule has 0 spiro atoms. The Morgan fingerprint density at radius 2 is 1.27 bits per heavy atom. The summed E-state index contributed by atoms with van der Waals surface area (Å²) in [6.45, 7) is 9.17. The van der Waals surface area contributed by atoms with E-state index in [9.17, 15) is 19.5 Å². The average Bonchev–Trinajstić information content (AvgIpc) is 3.05. The highest BCUT2D eigenvalue weighted by molar-refractivity contribution is 5.80. The maximum absolute atomic E-state index is 12.5. The summed E-state index contributed by atoms with van der Waals surface area (Å²) >= 11 is 0. The molecule has 0 unspecified atom stereocenters. The lowest BCUT2D eigenvalue weighted by molar-refractivity contribution is -0.139. The molecule has 0 saturated heterocycles. The lowest BCUT2D eigenvalue weighted by Gasteiger charge is -2.30. The molecule has 2 amide bonds. The van der Waals surface area contributed by atoms with Crippen LogP contribution < -0.4 is 16.0 Å². The second kappa shape index (κ2) is 19.4. The summed E-state index contributed by atoms with van der Waals surface area (Å²) in [6, 6.07) is 18.3. The summed E-state index contributed by atoms with van der Waals surface area (Å²) in [4.78, 5) is 35.7. The standard InChI is InChI=1S/C27H36N2O6.C12H23N/c1-26(2,3)34-24(32)28-18-10-9-13-22(23(30)31)29-25(33)35-27(4,5)21-16-14-20(15-17-21)19-11-7-6-8-12-19;1-3-7-11(8-4-1)13-12-9-5-2-6-10-12/h6-8,11-12,14-17,22H,9-10,13,18H2,1-5H3,(H,28,32)(H,29,33)(H,30,31);11-13H,1-10H2/t22-;/m0./s1. The van der Waals surface area contributed by atoms with Crippen LogP contribution in [0, 0.1) is 0 Å². The highest BCUT2D eigenvalue weighted by Gasteiger charge is 2.28. The minimum absolute atomic E-state index is 0.201. The summed E-state index contributed by atoms with van der Waals surface area (Å²) in [5.41, 5.74) is 1.37. The van der Waals surface area contributed by atoms with Crippen LogP contribution in [0.25, 0.3) is 11.1 Å². The van der Waals surface area contributed by atoms with Gasteiger partial charge in [0.1, 0.15) is 17.2 Å². The molecular formula is C39H59N3O6. The van der Waals surface area contributed by atoms with Gasteiger partial charge in [-0.05, 0) is 96.3 Å². The number of carbonyl (C=O) groups excluding carboxylic acids is 2. The third-order valence-electron chi connectivity index (χ3n) is 8.89. The average molecular weight is 666 g/mol. The Morgan fingerprint density at radius 1 is 0.729 bits per heavy atom. The highest BCUT2D eigenvalue weighted by Crippen LogP contribution is 2.28. The molecule has 2 aromatic rings. The van der Waals surface area contributed by atoms with Gasteiger partial charge in [0.15, 0.2) is 0 Å². The number of hydrogen-bond acceptors (Lipinski definition) is 6. The molecule has 48 heavy (non-hydrogen) atoms. The van der Waals surface area contributed by atoms with Crippen LogP contribution in [0.3, 0.4) is 0 Å². The molecule has 4 N–H and O–H groups in total. The van der Waals surface area contributed by atoms with Crippen molar-refractivity contribution in [3.05, 3.63) is 60.2 Å². The number of carbonyl (C=O) groups is 3. The maximum atomic E-state index is 12.5. The van der Waals surface area contributed by atoms with E-state index in [1.54, 1.807) is 34.6 Å². The van der Waals surface area contributed by atoms with Crippen LogP contribution in [0.1, 0.15) is 124 Å². The van der Waals surface area contributed by atoms with Gasteiger partial charge in [0.25, 0.3) is 0 Å². The molecular weight excluding hydrogens is 606 g/mol. The van der Waals surface area contributed by atoms with Crippen molar-refractivity contribution in [1.29, 1.82) is 0 Å². The summed E-state index contributed by atoms with van der Waals surface area (Å²) in [6.07, 6.45) is 14.5. The minimum atomic E-state index is -1.15. The van der Waals surface area contributed by atoms with Gasteiger partial charge in [-0.2, -0.15) is 0 Å².